The summed E-state index contributed by atoms with van der Waals surface area (Å²) in [7, 11) is 0. The monoisotopic (exact) mass is 338 g/mol. The average Bonchev–Trinajstić information content (AvgIpc) is 2.49. The molecule has 0 aliphatic heterocycles. The molecule has 0 bridgehead atoms. The number of Topliss-reactive ketones (excluding diaryl/α,β-unsaturated/α-hetero) is 1. The molecular formula is C20H34O4. The second kappa shape index (κ2) is 5.52. The van der Waals surface area contributed by atoms with E-state index in [-0.39, 0.29) is 23.4 Å². The minimum absolute atomic E-state index is 0.0179. The third kappa shape index (κ3) is 2.40. The average molecular weight is 338 g/mol. The first kappa shape index (κ1) is 18.3. The van der Waals surface area contributed by atoms with Crippen molar-refractivity contribution in [3.8, 4) is 0 Å². The predicted molar refractivity (Wildman–Crippen MR) is 92.3 cm³/mol. The van der Waals surface area contributed by atoms with Crippen molar-refractivity contribution in [2.24, 2.45) is 28.1 Å². The molecule has 0 aromatic carbocycles. The lowest BCUT2D eigenvalue weighted by Crippen LogP contribution is -2.64. The number of aliphatic hydroxyl groups excluding tert-OH is 2. The lowest BCUT2D eigenvalue weighted by atomic mass is 9.41. The van der Waals surface area contributed by atoms with E-state index < -0.39 is 17.1 Å². The molecule has 0 unspecified atom stereocenters. The molecule has 138 valence electrons. The number of hydrogen-bond donors (Lipinski definition) is 3. The highest BCUT2D eigenvalue weighted by Gasteiger charge is 2.64. The van der Waals surface area contributed by atoms with E-state index in [9.17, 15) is 20.1 Å². The van der Waals surface area contributed by atoms with Crippen LogP contribution in [-0.4, -0.2) is 39.4 Å². The van der Waals surface area contributed by atoms with Crippen LogP contribution in [0.4, 0.5) is 0 Å². The number of fused-ring (bicyclic) bond motifs is 3. The molecule has 3 N–H and O–H groups in total. The van der Waals surface area contributed by atoms with Gasteiger partial charge in [-0.2, -0.15) is 0 Å². The summed E-state index contributed by atoms with van der Waals surface area (Å²) in [4.78, 5) is 12.5. The molecule has 3 rings (SSSR count). The minimum atomic E-state index is -0.787. The van der Waals surface area contributed by atoms with Crippen LogP contribution >= 0.6 is 0 Å². The summed E-state index contributed by atoms with van der Waals surface area (Å²) in [5.74, 6) is 0.866. The lowest BCUT2D eigenvalue weighted by molar-refractivity contribution is -0.217. The maximum atomic E-state index is 12.5. The van der Waals surface area contributed by atoms with Crippen molar-refractivity contribution >= 4 is 5.78 Å². The van der Waals surface area contributed by atoms with Crippen molar-refractivity contribution in [2.45, 2.75) is 84.3 Å². The molecular weight excluding hydrogens is 304 g/mol. The third-order valence-corrected chi connectivity index (χ3v) is 8.28. The molecule has 3 saturated carbocycles. The van der Waals surface area contributed by atoms with E-state index in [0.717, 1.165) is 25.7 Å². The Morgan fingerprint density at radius 3 is 2.33 bits per heavy atom. The molecule has 6 atom stereocenters. The van der Waals surface area contributed by atoms with Crippen molar-refractivity contribution in [3.63, 3.8) is 0 Å². The van der Waals surface area contributed by atoms with E-state index in [1.165, 1.54) is 0 Å². The molecule has 0 spiro atoms. The van der Waals surface area contributed by atoms with Gasteiger partial charge >= 0.3 is 0 Å². The predicted octanol–water partition coefficient (Wildman–Crippen LogP) is 2.68. The van der Waals surface area contributed by atoms with E-state index in [1.54, 1.807) is 0 Å². The number of carbonyl (C=O) groups is 1. The number of ketones is 1. The van der Waals surface area contributed by atoms with Crippen LogP contribution in [0, 0.1) is 28.1 Å². The highest BCUT2D eigenvalue weighted by atomic mass is 16.3. The highest BCUT2D eigenvalue weighted by Crippen LogP contribution is 2.65. The molecule has 3 aliphatic rings. The van der Waals surface area contributed by atoms with Crippen LogP contribution < -0.4 is 0 Å². The first-order valence-corrected chi connectivity index (χ1v) is 9.54. The molecule has 3 fully saturated rings. The maximum Gasteiger partial charge on any atom is 0.138 e. The Morgan fingerprint density at radius 2 is 1.71 bits per heavy atom. The second-order valence-corrected chi connectivity index (χ2v) is 9.97. The second-order valence-electron chi connectivity index (χ2n) is 9.97. The van der Waals surface area contributed by atoms with Gasteiger partial charge in [-0.1, -0.05) is 27.7 Å². The fourth-order valence-electron chi connectivity index (χ4n) is 6.76. The van der Waals surface area contributed by atoms with Crippen LogP contribution in [-0.2, 0) is 4.79 Å². The molecule has 0 heterocycles. The summed E-state index contributed by atoms with van der Waals surface area (Å²) in [6.45, 7) is 8.20. The first-order valence-electron chi connectivity index (χ1n) is 9.54. The standard InChI is InChI=1S/C20H34O4/c1-17(2)13-6-10-20(24)12-18(3,16(23)11-21)8-5-14(20)19(13,4)9-7-15(17)22/h13-14,16,21,23-24H,5-12H2,1-4H3/t13-,14+,16-,18+,19-,20+/m1/s1. The Kier molecular flexibility index (Phi) is 4.22. The van der Waals surface area contributed by atoms with Gasteiger partial charge in [0.1, 0.15) is 5.78 Å². The van der Waals surface area contributed by atoms with Crippen LogP contribution in [0.5, 0.6) is 0 Å². The molecule has 0 radical (unpaired) electrons. The van der Waals surface area contributed by atoms with Gasteiger partial charge in [0.05, 0.1) is 18.3 Å². The van der Waals surface area contributed by atoms with Gasteiger partial charge < -0.3 is 15.3 Å². The Balaban J connectivity index is 1.92. The molecule has 3 aliphatic carbocycles. The smallest absolute Gasteiger partial charge is 0.138 e. The van der Waals surface area contributed by atoms with Gasteiger partial charge in [-0.05, 0) is 61.2 Å². The van der Waals surface area contributed by atoms with Crippen molar-refractivity contribution in [1.29, 1.82) is 0 Å². The van der Waals surface area contributed by atoms with Crippen molar-refractivity contribution in [1.82, 2.24) is 0 Å². The van der Waals surface area contributed by atoms with Crippen LogP contribution in [0.15, 0.2) is 0 Å². The zero-order chi connectivity index (χ0) is 18.0. The fraction of sp³-hybridized carbons (Fsp3) is 0.950. The van der Waals surface area contributed by atoms with Gasteiger partial charge in [0.25, 0.3) is 0 Å². The van der Waals surface area contributed by atoms with E-state index in [0.29, 0.717) is 31.0 Å². The Bertz CT molecular complexity index is 530. The Hall–Kier alpha value is -0.450. The van der Waals surface area contributed by atoms with Gasteiger partial charge in [-0.25, -0.2) is 0 Å². The molecule has 0 aromatic rings. The SMILES string of the molecule is CC1(C)C(=O)CC[C@]2(C)[C@@H]1CC[C@]1(O)C[C@@](C)([C@H](O)CO)CC[C@H]12. The quantitative estimate of drug-likeness (QED) is 0.723. The summed E-state index contributed by atoms with van der Waals surface area (Å²) < 4.78 is 0. The zero-order valence-corrected chi connectivity index (χ0v) is 15.6. The topological polar surface area (TPSA) is 77.8 Å². The van der Waals surface area contributed by atoms with Crippen molar-refractivity contribution < 1.29 is 20.1 Å². The van der Waals surface area contributed by atoms with Gasteiger partial charge in [-0.15, -0.1) is 0 Å². The van der Waals surface area contributed by atoms with Crippen LogP contribution in [0.25, 0.3) is 0 Å². The van der Waals surface area contributed by atoms with E-state index in [4.69, 9.17) is 0 Å². The largest absolute Gasteiger partial charge is 0.394 e. The highest BCUT2D eigenvalue weighted by molar-refractivity contribution is 5.85. The van der Waals surface area contributed by atoms with Crippen molar-refractivity contribution in [2.75, 3.05) is 6.61 Å². The fourth-order valence-corrected chi connectivity index (χ4v) is 6.76. The Morgan fingerprint density at radius 1 is 1.08 bits per heavy atom. The zero-order valence-electron chi connectivity index (χ0n) is 15.6. The summed E-state index contributed by atoms with van der Waals surface area (Å²) in [5, 5.41) is 31.2. The number of hydrogen-bond acceptors (Lipinski definition) is 4. The first-order chi connectivity index (χ1) is 11.0. The summed E-state index contributed by atoms with van der Waals surface area (Å²) in [6.07, 6.45) is 4.49. The molecule has 0 aromatic heterocycles. The minimum Gasteiger partial charge on any atom is -0.394 e. The number of carbonyl (C=O) groups excluding carboxylic acids is 1. The third-order valence-electron chi connectivity index (χ3n) is 8.28. The molecule has 24 heavy (non-hydrogen) atoms. The van der Waals surface area contributed by atoms with Crippen LogP contribution in [0.2, 0.25) is 0 Å². The maximum absolute atomic E-state index is 12.5. The number of rotatable bonds is 2. The van der Waals surface area contributed by atoms with E-state index >= 15 is 0 Å². The summed E-state index contributed by atoms with van der Waals surface area (Å²) >= 11 is 0. The van der Waals surface area contributed by atoms with Crippen molar-refractivity contribution in [3.05, 3.63) is 0 Å². The van der Waals surface area contributed by atoms with Gasteiger partial charge in [0.15, 0.2) is 0 Å². The summed E-state index contributed by atoms with van der Waals surface area (Å²) in [5.41, 5.74) is -1.54. The molecule has 4 heteroatoms. The number of aliphatic hydroxyl groups is 3. The van der Waals surface area contributed by atoms with Gasteiger partial charge in [-0.3, -0.25) is 4.79 Å². The van der Waals surface area contributed by atoms with E-state index in [1.807, 2.05) is 6.92 Å². The molecule has 0 amide bonds. The molecule has 4 nitrogen and oxygen atoms in total. The van der Waals surface area contributed by atoms with Gasteiger partial charge in [0, 0.05) is 11.8 Å². The summed E-state index contributed by atoms with van der Waals surface area (Å²) in [6, 6.07) is 0. The lowest BCUT2D eigenvalue weighted by Gasteiger charge is -2.64. The Labute approximate surface area is 145 Å². The van der Waals surface area contributed by atoms with E-state index in [2.05, 4.69) is 20.8 Å². The van der Waals surface area contributed by atoms with Gasteiger partial charge in [0.2, 0.25) is 0 Å². The van der Waals surface area contributed by atoms with Crippen LogP contribution in [0.1, 0.15) is 72.6 Å². The molecule has 0 saturated heterocycles. The normalized spacial score (nSPS) is 49.2. The van der Waals surface area contributed by atoms with Crippen LogP contribution in [0.3, 0.4) is 0 Å².